The summed E-state index contributed by atoms with van der Waals surface area (Å²) in [4.78, 5) is 22.3. The lowest BCUT2D eigenvalue weighted by Crippen LogP contribution is -2.16. The zero-order chi connectivity index (χ0) is 12.0. The number of carbonyl (C=O) groups is 2. The molecule has 1 rings (SSSR count). The van der Waals surface area contributed by atoms with Crippen LogP contribution in [0.1, 0.15) is 12.5 Å². The molecule has 1 aromatic carbocycles. The normalized spacial score (nSPS) is 10.9. The molecule has 0 aliphatic carbocycles. The fraction of sp³-hybridized carbons (Fsp3) is 0.167. The summed E-state index contributed by atoms with van der Waals surface area (Å²) in [6.07, 6.45) is 1.08. The van der Waals surface area contributed by atoms with Crippen molar-refractivity contribution in [3.05, 3.63) is 42.0 Å². The monoisotopic (exact) mass is 219 g/mol. The van der Waals surface area contributed by atoms with Gasteiger partial charge in [0.1, 0.15) is 0 Å². The molecule has 0 aromatic heterocycles. The smallest absolute Gasteiger partial charge is 0.379 e. The van der Waals surface area contributed by atoms with E-state index < -0.39 is 11.8 Å². The number of benzene rings is 1. The Hall–Kier alpha value is -2.10. The summed E-state index contributed by atoms with van der Waals surface area (Å²) in [5, 5.41) is 0. The van der Waals surface area contributed by atoms with Gasteiger partial charge in [0.15, 0.2) is 0 Å². The van der Waals surface area contributed by atoms with E-state index in [1.54, 1.807) is 31.2 Å². The number of carbonyl (C=O) groups excluding carboxylic acids is 2. The molecule has 4 nitrogen and oxygen atoms in total. The van der Waals surface area contributed by atoms with Gasteiger partial charge < -0.3 is 10.5 Å². The van der Waals surface area contributed by atoms with Gasteiger partial charge >= 0.3 is 5.97 Å². The van der Waals surface area contributed by atoms with Gasteiger partial charge in [0.05, 0.1) is 6.61 Å². The summed E-state index contributed by atoms with van der Waals surface area (Å²) >= 11 is 0. The number of hydrogen-bond donors (Lipinski definition) is 1. The third-order valence-electron chi connectivity index (χ3n) is 1.87. The van der Waals surface area contributed by atoms with Crippen LogP contribution in [0.15, 0.2) is 36.4 Å². The molecule has 0 amide bonds. The Bertz CT molecular complexity index is 410. The van der Waals surface area contributed by atoms with E-state index in [-0.39, 0.29) is 12.3 Å². The Balaban J connectivity index is 2.78. The van der Waals surface area contributed by atoms with Gasteiger partial charge in [0.25, 0.3) is 5.78 Å². The second-order valence-corrected chi connectivity index (χ2v) is 3.05. The maximum Gasteiger partial charge on any atom is 0.379 e. The SMILES string of the molecule is CCOC(=O)C(=O)/C=C(\N)c1ccccc1. The van der Waals surface area contributed by atoms with Crippen molar-refractivity contribution in [2.45, 2.75) is 6.92 Å². The average molecular weight is 219 g/mol. The van der Waals surface area contributed by atoms with Crippen LogP contribution >= 0.6 is 0 Å². The van der Waals surface area contributed by atoms with Crippen LogP contribution < -0.4 is 5.73 Å². The van der Waals surface area contributed by atoms with Gasteiger partial charge in [0, 0.05) is 11.8 Å². The molecule has 0 saturated carbocycles. The number of ketones is 1. The summed E-state index contributed by atoms with van der Waals surface area (Å²) in [7, 11) is 0. The van der Waals surface area contributed by atoms with Crippen molar-refractivity contribution in [3.63, 3.8) is 0 Å². The third kappa shape index (κ3) is 3.24. The molecule has 0 aliphatic heterocycles. The maximum absolute atomic E-state index is 11.3. The Morgan fingerprint density at radius 2 is 1.94 bits per heavy atom. The molecular formula is C12H13NO3. The Morgan fingerprint density at radius 1 is 1.31 bits per heavy atom. The zero-order valence-electron chi connectivity index (χ0n) is 8.97. The van der Waals surface area contributed by atoms with Crippen LogP contribution in [-0.2, 0) is 14.3 Å². The first-order chi connectivity index (χ1) is 7.65. The molecule has 1 aromatic rings. The van der Waals surface area contributed by atoms with Gasteiger partial charge in [-0.15, -0.1) is 0 Å². The van der Waals surface area contributed by atoms with Gasteiger partial charge in [-0.25, -0.2) is 4.79 Å². The first-order valence-corrected chi connectivity index (χ1v) is 4.88. The van der Waals surface area contributed by atoms with Gasteiger partial charge in [-0.05, 0) is 12.5 Å². The summed E-state index contributed by atoms with van der Waals surface area (Å²) in [6.45, 7) is 1.80. The summed E-state index contributed by atoms with van der Waals surface area (Å²) in [6, 6.07) is 8.94. The number of rotatable bonds is 4. The summed E-state index contributed by atoms with van der Waals surface area (Å²) in [5.41, 5.74) is 6.61. The highest BCUT2D eigenvalue weighted by Crippen LogP contribution is 2.07. The standard InChI is InChI=1S/C12H13NO3/c1-2-16-12(15)11(14)8-10(13)9-6-4-3-5-7-9/h3-8H,2,13H2,1H3/b10-8-. The Labute approximate surface area is 93.7 Å². The fourth-order valence-corrected chi connectivity index (χ4v) is 1.12. The van der Waals surface area contributed by atoms with Gasteiger partial charge in [0.2, 0.25) is 0 Å². The topological polar surface area (TPSA) is 69.4 Å². The lowest BCUT2D eigenvalue weighted by atomic mass is 10.1. The molecule has 0 heterocycles. The first kappa shape index (κ1) is 12.0. The Morgan fingerprint density at radius 3 is 2.50 bits per heavy atom. The molecule has 0 bridgehead atoms. The average Bonchev–Trinajstić information content (AvgIpc) is 2.30. The van der Waals surface area contributed by atoms with Crippen LogP contribution in [0.25, 0.3) is 5.70 Å². The quantitative estimate of drug-likeness (QED) is 0.468. The molecule has 16 heavy (non-hydrogen) atoms. The number of ether oxygens (including phenoxy) is 1. The van der Waals surface area contributed by atoms with E-state index in [0.717, 1.165) is 6.08 Å². The number of hydrogen-bond acceptors (Lipinski definition) is 4. The molecule has 0 radical (unpaired) electrons. The largest absolute Gasteiger partial charge is 0.460 e. The van der Waals surface area contributed by atoms with Crippen molar-refractivity contribution in [3.8, 4) is 0 Å². The van der Waals surface area contributed by atoms with Crippen molar-refractivity contribution in [1.29, 1.82) is 0 Å². The second kappa shape index (κ2) is 5.70. The van der Waals surface area contributed by atoms with E-state index in [0.29, 0.717) is 5.56 Å². The van der Waals surface area contributed by atoms with E-state index >= 15 is 0 Å². The molecule has 0 fully saturated rings. The summed E-state index contributed by atoms with van der Waals surface area (Å²) < 4.78 is 4.55. The number of nitrogens with two attached hydrogens (primary N) is 1. The molecule has 0 aliphatic rings. The van der Waals surface area contributed by atoms with E-state index in [4.69, 9.17) is 5.73 Å². The van der Waals surface area contributed by atoms with Crippen molar-refractivity contribution >= 4 is 17.4 Å². The fourth-order valence-electron chi connectivity index (χ4n) is 1.12. The minimum Gasteiger partial charge on any atom is -0.460 e. The zero-order valence-corrected chi connectivity index (χ0v) is 8.97. The van der Waals surface area contributed by atoms with Crippen molar-refractivity contribution < 1.29 is 14.3 Å². The minimum atomic E-state index is -0.888. The Kier molecular flexibility index (Phi) is 4.27. The number of esters is 1. The van der Waals surface area contributed by atoms with Gasteiger partial charge in [-0.3, -0.25) is 4.79 Å². The predicted octanol–water partition coefficient (Wildman–Crippen LogP) is 1.12. The van der Waals surface area contributed by atoms with Crippen LogP contribution in [0, 0.1) is 0 Å². The van der Waals surface area contributed by atoms with E-state index in [1.807, 2.05) is 6.07 Å². The molecule has 84 valence electrons. The predicted molar refractivity (Wildman–Crippen MR) is 60.2 cm³/mol. The molecular weight excluding hydrogens is 206 g/mol. The van der Waals surface area contributed by atoms with Crippen molar-refractivity contribution in [1.82, 2.24) is 0 Å². The second-order valence-electron chi connectivity index (χ2n) is 3.05. The molecule has 4 heteroatoms. The highest BCUT2D eigenvalue weighted by molar-refractivity contribution is 6.39. The molecule has 0 spiro atoms. The van der Waals surface area contributed by atoms with E-state index in [9.17, 15) is 9.59 Å². The van der Waals surface area contributed by atoms with Crippen molar-refractivity contribution in [2.75, 3.05) is 6.61 Å². The molecule has 0 unspecified atom stereocenters. The minimum absolute atomic E-state index is 0.170. The molecule has 0 saturated heterocycles. The lowest BCUT2D eigenvalue weighted by molar-refractivity contribution is -0.151. The van der Waals surface area contributed by atoms with Crippen LogP contribution in [0.3, 0.4) is 0 Å². The molecule has 0 atom stereocenters. The van der Waals surface area contributed by atoms with Gasteiger partial charge in [-0.2, -0.15) is 0 Å². The highest BCUT2D eigenvalue weighted by Gasteiger charge is 2.12. The maximum atomic E-state index is 11.3. The van der Waals surface area contributed by atoms with E-state index in [1.165, 1.54) is 0 Å². The van der Waals surface area contributed by atoms with Crippen molar-refractivity contribution in [2.24, 2.45) is 5.73 Å². The molecule has 2 N–H and O–H groups in total. The third-order valence-corrected chi connectivity index (χ3v) is 1.87. The highest BCUT2D eigenvalue weighted by atomic mass is 16.5. The van der Waals surface area contributed by atoms with Crippen LogP contribution in [0.2, 0.25) is 0 Å². The van der Waals surface area contributed by atoms with Crippen LogP contribution in [0.5, 0.6) is 0 Å². The van der Waals surface area contributed by atoms with Gasteiger partial charge in [-0.1, -0.05) is 30.3 Å². The lowest BCUT2D eigenvalue weighted by Gasteiger charge is -2.01. The first-order valence-electron chi connectivity index (χ1n) is 4.88. The van der Waals surface area contributed by atoms with Crippen LogP contribution in [-0.4, -0.2) is 18.4 Å². The summed E-state index contributed by atoms with van der Waals surface area (Å²) in [5.74, 6) is -1.63. The van der Waals surface area contributed by atoms with E-state index in [2.05, 4.69) is 4.74 Å². The van der Waals surface area contributed by atoms with Crippen LogP contribution in [0.4, 0.5) is 0 Å².